The molecule has 0 aliphatic rings. The van der Waals surface area contributed by atoms with Gasteiger partial charge in [-0.25, -0.2) is 13.1 Å². The molecule has 0 radical (unpaired) electrons. The average molecular weight is 300 g/mol. The Labute approximate surface area is 121 Å². The smallest absolute Gasteiger partial charge is 0.212 e. The molecule has 0 spiro atoms. The van der Waals surface area contributed by atoms with Crippen molar-refractivity contribution in [1.82, 2.24) is 10.0 Å². The van der Waals surface area contributed by atoms with Crippen LogP contribution in [0, 0.1) is 6.92 Å². The first-order chi connectivity index (χ1) is 9.39. The summed E-state index contributed by atoms with van der Waals surface area (Å²) in [5, 5.41) is 3.22. The molecule has 0 saturated heterocycles. The van der Waals surface area contributed by atoms with Crippen molar-refractivity contribution in [2.75, 3.05) is 26.0 Å². The second-order valence-corrected chi connectivity index (χ2v) is 6.66. The number of aryl methyl sites for hydroxylation is 1. The number of rotatable bonds is 8. The average Bonchev–Trinajstić information content (AvgIpc) is 2.38. The van der Waals surface area contributed by atoms with Gasteiger partial charge in [-0.1, -0.05) is 24.6 Å². The molecule has 1 aromatic rings. The van der Waals surface area contributed by atoms with Crippen molar-refractivity contribution in [3.63, 3.8) is 0 Å². The molecule has 0 saturated carbocycles. The van der Waals surface area contributed by atoms with Crippen LogP contribution >= 0.6 is 0 Å². The van der Waals surface area contributed by atoms with Gasteiger partial charge in [0.25, 0.3) is 0 Å². The summed E-state index contributed by atoms with van der Waals surface area (Å²) in [6.07, 6.45) is 0. The van der Waals surface area contributed by atoms with E-state index in [1.807, 2.05) is 26.0 Å². The van der Waals surface area contributed by atoms with E-state index in [4.69, 9.17) is 4.74 Å². The number of nitrogens with one attached hydrogen (secondary N) is 2. The molecule has 0 bridgehead atoms. The first-order valence-corrected chi connectivity index (χ1v) is 8.40. The minimum Gasteiger partial charge on any atom is -0.496 e. The fraction of sp³-hybridized carbons (Fsp3) is 0.571. The highest BCUT2D eigenvalue weighted by Crippen LogP contribution is 2.25. The van der Waals surface area contributed by atoms with Gasteiger partial charge in [0, 0.05) is 24.7 Å². The zero-order chi connectivity index (χ0) is 15.2. The summed E-state index contributed by atoms with van der Waals surface area (Å²) in [5.74, 6) is 0.879. The molecular weight excluding hydrogens is 276 g/mol. The fourth-order valence-corrected chi connectivity index (χ4v) is 2.97. The van der Waals surface area contributed by atoms with E-state index in [2.05, 4.69) is 16.1 Å². The maximum Gasteiger partial charge on any atom is 0.212 e. The summed E-state index contributed by atoms with van der Waals surface area (Å²) in [5.41, 5.74) is 2.18. The lowest BCUT2D eigenvalue weighted by Gasteiger charge is -2.18. The molecule has 20 heavy (non-hydrogen) atoms. The van der Waals surface area contributed by atoms with Gasteiger partial charge in [0.15, 0.2) is 0 Å². The molecule has 1 atom stereocenters. The Kier molecular flexibility index (Phi) is 6.45. The SMILES string of the molecule is CCNS(=O)(=O)CCNC(C)c1cc(C)ccc1OC. The Morgan fingerprint density at radius 1 is 1.35 bits per heavy atom. The first-order valence-electron chi connectivity index (χ1n) is 6.75. The predicted molar refractivity (Wildman–Crippen MR) is 81.6 cm³/mol. The molecule has 0 amide bonds. The number of benzene rings is 1. The largest absolute Gasteiger partial charge is 0.496 e. The van der Waals surface area contributed by atoms with Gasteiger partial charge in [0.05, 0.1) is 12.9 Å². The number of sulfonamides is 1. The Hall–Kier alpha value is -1.11. The number of hydrogen-bond acceptors (Lipinski definition) is 4. The minimum absolute atomic E-state index is 0.0293. The van der Waals surface area contributed by atoms with Crippen LogP contribution in [0.25, 0.3) is 0 Å². The van der Waals surface area contributed by atoms with Crippen LogP contribution in [-0.2, 0) is 10.0 Å². The normalized spacial score (nSPS) is 13.2. The lowest BCUT2D eigenvalue weighted by molar-refractivity contribution is 0.402. The summed E-state index contributed by atoms with van der Waals surface area (Å²) in [6.45, 7) is 6.60. The molecule has 1 aromatic carbocycles. The fourth-order valence-electron chi connectivity index (χ4n) is 2.00. The van der Waals surface area contributed by atoms with Crippen LogP contribution in [0.4, 0.5) is 0 Å². The van der Waals surface area contributed by atoms with E-state index in [1.165, 1.54) is 0 Å². The zero-order valence-electron chi connectivity index (χ0n) is 12.6. The van der Waals surface area contributed by atoms with Crippen LogP contribution in [0.1, 0.15) is 31.0 Å². The predicted octanol–water partition coefficient (Wildman–Crippen LogP) is 1.59. The minimum atomic E-state index is -3.18. The number of hydrogen-bond donors (Lipinski definition) is 2. The maximum atomic E-state index is 11.5. The Morgan fingerprint density at radius 3 is 2.65 bits per heavy atom. The highest BCUT2D eigenvalue weighted by atomic mass is 32.2. The summed E-state index contributed by atoms with van der Waals surface area (Å²) in [4.78, 5) is 0. The highest BCUT2D eigenvalue weighted by Gasteiger charge is 2.13. The van der Waals surface area contributed by atoms with E-state index >= 15 is 0 Å². The maximum absolute atomic E-state index is 11.5. The molecule has 0 fully saturated rings. The third kappa shape index (κ3) is 5.11. The third-order valence-corrected chi connectivity index (χ3v) is 4.51. The molecule has 1 rings (SSSR count). The molecule has 114 valence electrons. The van der Waals surface area contributed by atoms with Crippen molar-refractivity contribution >= 4 is 10.0 Å². The quantitative estimate of drug-likeness (QED) is 0.765. The second-order valence-electron chi connectivity index (χ2n) is 4.74. The van der Waals surface area contributed by atoms with E-state index < -0.39 is 10.0 Å². The molecule has 1 unspecified atom stereocenters. The van der Waals surface area contributed by atoms with Gasteiger partial charge in [-0.05, 0) is 19.9 Å². The van der Waals surface area contributed by atoms with Gasteiger partial charge in [-0.2, -0.15) is 0 Å². The van der Waals surface area contributed by atoms with E-state index in [0.29, 0.717) is 13.1 Å². The molecule has 0 aliphatic heterocycles. The molecular formula is C14H24N2O3S. The van der Waals surface area contributed by atoms with E-state index in [-0.39, 0.29) is 11.8 Å². The topological polar surface area (TPSA) is 67.4 Å². The molecule has 5 nitrogen and oxygen atoms in total. The highest BCUT2D eigenvalue weighted by molar-refractivity contribution is 7.89. The van der Waals surface area contributed by atoms with Gasteiger partial charge in [-0.15, -0.1) is 0 Å². The van der Waals surface area contributed by atoms with E-state index in [9.17, 15) is 8.42 Å². The van der Waals surface area contributed by atoms with Crippen molar-refractivity contribution < 1.29 is 13.2 Å². The van der Waals surface area contributed by atoms with Crippen LogP contribution < -0.4 is 14.8 Å². The van der Waals surface area contributed by atoms with Gasteiger partial charge in [-0.3, -0.25) is 0 Å². The summed E-state index contributed by atoms with van der Waals surface area (Å²) in [6, 6.07) is 6.00. The van der Waals surface area contributed by atoms with Gasteiger partial charge < -0.3 is 10.1 Å². The number of methoxy groups -OCH3 is 1. The lowest BCUT2D eigenvalue weighted by atomic mass is 10.0. The van der Waals surface area contributed by atoms with E-state index in [1.54, 1.807) is 14.0 Å². The molecule has 0 aromatic heterocycles. The monoisotopic (exact) mass is 300 g/mol. The molecule has 0 aliphatic carbocycles. The van der Waals surface area contributed by atoms with Crippen molar-refractivity contribution in [2.24, 2.45) is 0 Å². The molecule has 2 N–H and O–H groups in total. The van der Waals surface area contributed by atoms with Crippen LogP contribution in [-0.4, -0.2) is 34.4 Å². The van der Waals surface area contributed by atoms with Crippen molar-refractivity contribution in [3.8, 4) is 5.75 Å². The molecule has 0 heterocycles. The van der Waals surface area contributed by atoms with Crippen LogP contribution in [0.3, 0.4) is 0 Å². The Balaban J connectivity index is 2.63. The second kappa shape index (κ2) is 7.61. The zero-order valence-corrected chi connectivity index (χ0v) is 13.4. The summed E-state index contributed by atoms with van der Waals surface area (Å²) >= 11 is 0. The van der Waals surface area contributed by atoms with Crippen molar-refractivity contribution in [3.05, 3.63) is 29.3 Å². The summed E-state index contributed by atoms with van der Waals surface area (Å²) < 4.78 is 30.9. The third-order valence-electron chi connectivity index (χ3n) is 3.04. The Bertz CT molecular complexity index is 529. The van der Waals surface area contributed by atoms with Crippen LogP contribution in [0.5, 0.6) is 5.75 Å². The number of ether oxygens (including phenoxy) is 1. The van der Waals surface area contributed by atoms with Gasteiger partial charge >= 0.3 is 0 Å². The standard InChI is InChI=1S/C14H24N2O3S/c1-5-16-20(17,18)9-8-15-12(3)13-10-11(2)6-7-14(13)19-4/h6-7,10,12,15-16H,5,8-9H2,1-4H3. The van der Waals surface area contributed by atoms with Crippen molar-refractivity contribution in [1.29, 1.82) is 0 Å². The van der Waals surface area contributed by atoms with Crippen molar-refractivity contribution in [2.45, 2.75) is 26.8 Å². The molecule has 6 heteroatoms. The Morgan fingerprint density at radius 2 is 2.05 bits per heavy atom. The van der Waals surface area contributed by atoms with Gasteiger partial charge in [0.2, 0.25) is 10.0 Å². The van der Waals surface area contributed by atoms with Crippen LogP contribution in [0.2, 0.25) is 0 Å². The lowest BCUT2D eigenvalue weighted by Crippen LogP contribution is -2.32. The van der Waals surface area contributed by atoms with E-state index in [0.717, 1.165) is 16.9 Å². The first kappa shape index (κ1) is 16.9. The van der Waals surface area contributed by atoms with Crippen LogP contribution in [0.15, 0.2) is 18.2 Å². The summed E-state index contributed by atoms with van der Waals surface area (Å²) in [7, 11) is -1.54. The van der Waals surface area contributed by atoms with Gasteiger partial charge in [0.1, 0.15) is 5.75 Å².